The Morgan fingerprint density at radius 2 is 2.00 bits per heavy atom. The van der Waals surface area contributed by atoms with Gasteiger partial charge in [0.25, 0.3) is 0 Å². The number of carbonyl (C=O) groups excluding carboxylic acids is 1. The Bertz CT molecular complexity index is 513. The first-order valence-corrected chi connectivity index (χ1v) is 7.85. The number of amides is 1. The van der Waals surface area contributed by atoms with Gasteiger partial charge in [0.15, 0.2) is 0 Å². The van der Waals surface area contributed by atoms with Gasteiger partial charge in [-0.25, -0.2) is 0 Å². The molecule has 0 unspecified atom stereocenters. The molecular formula is C16H21Cl2NO. The van der Waals surface area contributed by atoms with Crippen LogP contribution in [-0.2, 0) is 4.79 Å². The topological polar surface area (TPSA) is 29.1 Å². The highest BCUT2D eigenvalue weighted by atomic mass is 35.5. The summed E-state index contributed by atoms with van der Waals surface area (Å²) in [6.07, 6.45) is 2.92. The zero-order valence-corrected chi connectivity index (χ0v) is 13.7. The molecule has 1 N–H and O–H groups in total. The molecule has 2 nitrogen and oxygen atoms in total. The van der Waals surface area contributed by atoms with Crippen LogP contribution in [0.3, 0.4) is 0 Å². The molecule has 110 valence electrons. The molecule has 1 fully saturated rings. The molecule has 1 saturated carbocycles. The number of hydrogen-bond donors (Lipinski definition) is 1. The quantitative estimate of drug-likeness (QED) is 0.792. The average molecular weight is 314 g/mol. The van der Waals surface area contributed by atoms with Gasteiger partial charge in [-0.1, -0.05) is 50.4 Å². The molecule has 2 rings (SSSR count). The molecule has 1 aliphatic rings. The summed E-state index contributed by atoms with van der Waals surface area (Å²) in [5.41, 5.74) is 0.970. The summed E-state index contributed by atoms with van der Waals surface area (Å²) in [6.45, 7) is 6.75. The number of nitrogens with one attached hydrogen (secondary N) is 1. The van der Waals surface area contributed by atoms with Crippen molar-refractivity contribution in [3.8, 4) is 0 Å². The summed E-state index contributed by atoms with van der Waals surface area (Å²) in [4.78, 5) is 12.1. The van der Waals surface area contributed by atoms with Gasteiger partial charge in [0.2, 0.25) is 5.91 Å². The molecule has 4 heteroatoms. The van der Waals surface area contributed by atoms with Gasteiger partial charge in [-0.3, -0.25) is 4.79 Å². The smallest absolute Gasteiger partial charge is 0.224 e. The highest BCUT2D eigenvalue weighted by Crippen LogP contribution is 2.54. The lowest BCUT2D eigenvalue weighted by Crippen LogP contribution is -2.45. The van der Waals surface area contributed by atoms with Crippen molar-refractivity contribution < 1.29 is 4.79 Å². The van der Waals surface area contributed by atoms with Crippen molar-refractivity contribution in [2.45, 2.75) is 40.0 Å². The molecule has 20 heavy (non-hydrogen) atoms. The summed E-state index contributed by atoms with van der Waals surface area (Å²) >= 11 is 11.8. The van der Waals surface area contributed by atoms with Crippen LogP contribution in [-0.4, -0.2) is 5.91 Å². The molecule has 1 aromatic carbocycles. The number of anilines is 1. The van der Waals surface area contributed by atoms with Crippen molar-refractivity contribution in [3.63, 3.8) is 0 Å². The monoisotopic (exact) mass is 313 g/mol. The Balaban J connectivity index is 1.92. The van der Waals surface area contributed by atoms with E-state index in [9.17, 15) is 4.79 Å². The highest BCUT2D eigenvalue weighted by Gasteiger charge is 2.47. The van der Waals surface area contributed by atoms with Crippen molar-refractivity contribution in [1.82, 2.24) is 0 Å². The number of halogens is 2. The van der Waals surface area contributed by atoms with Gasteiger partial charge in [0.05, 0.1) is 10.0 Å². The summed E-state index contributed by atoms with van der Waals surface area (Å²) in [6, 6.07) is 5.15. The van der Waals surface area contributed by atoms with Crippen LogP contribution in [0.25, 0.3) is 0 Å². The predicted molar refractivity (Wildman–Crippen MR) is 85.4 cm³/mol. The minimum atomic E-state index is 0.0519. The maximum atomic E-state index is 12.1. The van der Waals surface area contributed by atoms with Gasteiger partial charge in [-0.15, -0.1) is 0 Å². The fourth-order valence-corrected chi connectivity index (χ4v) is 3.47. The summed E-state index contributed by atoms with van der Waals surface area (Å²) in [7, 11) is 0. The second-order valence-corrected chi connectivity index (χ2v) is 7.05. The third-order valence-electron chi connectivity index (χ3n) is 4.80. The second kappa shape index (κ2) is 5.95. The van der Waals surface area contributed by atoms with Crippen LogP contribution < -0.4 is 5.32 Å². The zero-order chi connectivity index (χ0) is 14.9. The Morgan fingerprint density at radius 1 is 1.30 bits per heavy atom. The van der Waals surface area contributed by atoms with Gasteiger partial charge >= 0.3 is 0 Å². The Kier molecular flexibility index (Phi) is 4.66. The first kappa shape index (κ1) is 15.7. The molecule has 0 bridgehead atoms. The van der Waals surface area contributed by atoms with E-state index in [1.807, 2.05) is 0 Å². The first-order valence-electron chi connectivity index (χ1n) is 7.09. The van der Waals surface area contributed by atoms with Crippen LogP contribution in [0.2, 0.25) is 10.0 Å². The average Bonchev–Trinajstić information content (AvgIpc) is 2.38. The fourth-order valence-electron chi connectivity index (χ4n) is 3.17. The summed E-state index contributed by atoms with van der Waals surface area (Å²) in [5.74, 6) is 1.26. The molecule has 0 spiro atoms. The van der Waals surface area contributed by atoms with Crippen molar-refractivity contribution >= 4 is 34.8 Å². The van der Waals surface area contributed by atoms with E-state index in [0.29, 0.717) is 28.1 Å². The molecule has 0 saturated heterocycles. The van der Waals surface area contributed by atoms with E-state index in [4.69, 9.17) is 23.2 Å². The molecule has 1 aromatic rings. The highest BCUT2D eigenvalue weighted by molar-refractivity contribution is 6.42. The van der Waals surface area contributed by atoms with E-state index in [-0.39, 0.29) is 11.3 Å². The number of rotatable bonds is 4. The molecule has 0 aromatic heterocycles. The lowest BCUT2D eigenvalue weighted by molar-refractivity contribution is -0.122. The zero-order valence-electron chi connectivity index (χ0n) is 12.2. The van der Waals surface area contributed by atoms with Gasteiger partial charge in [-0.2, -0.15) is 0 Å². The molecule has 0 radical (unpaired) electrons. The van der Waals surface area contributed by atoms with Crippen LogP contribution in [0.5, 0.6) is 0 Å². The Morgan fingerprint density at radius 3 is 2.55 bits per heavy atom. The first-order chi connectivity index (χ1) is 9.34. The van der Waals surface area contributed by atoms with Crippen molar-refractivity contribution in [2.75, 3.05) is 5.32 Å². The van der Waals surface area contributed by atoms with Gasteiger partial charge in [-0.05, 0) is 41.9 Å². The number of benzene rings is 1. The SMILES string of the molecule is CC[C@H]1C[C@H](CC(=O)Nc2ccc(Cl)c(Cl)c2)C1(C)C. The number of carbonyl (C=O) groups is 1. The van der Waals surface area contributed by atoms with Crippen LogP contribution in [0.15, 0.2) is 18.2 Å². The molecule has 2 atom stereocenters. The minimum Gasteiger partial charge on any atom is -0.326 e. The normalized spacial score (nSPS) is 24.1. The third kappa shape index (κ3) is 3.12. The van der Waals surface area contributed by atoms with Crippen LogP contribution in [0, 0.1) is 17.3 Å². The van der Waals surface area contributed by atoms with Gasteiger partial charge in [0.1, 0.15) is 0 Å². The van der Waals surface area contributed by atoms with Crippen molar-refractivity contribution in [1.29, 1.82) is 0 Å². The van der Waals surface area contributed by atoms with Gasteiger partial charge < -0.3 is 5.32 Å². The van der Waals surface area contributed by atoms with E-state index in [0.717, 1.165) is 12.3 Å². The second-order valence-electron chi connectivity index (χ2n) is 6.24. The Hall–Kier alpha value is -0.730. The van der Waals surface area contributed by atoms with E-state index in [2.05, 4.69) is 26.1 Å². The van der Waals surface area contributed by atoms with Crippen molar-refractivity contribution in [3.05, 3.63) is 28.2 Å². The van der Waals surface area contributed by atoms with Crippen LogP contribution in [0.4, 0.5) is 5.69 Å². The minimum absolute atomic E-state index is 0.0519. The maximum Gasteiger partial charge on any atom is 0.224 e. The predicted octanol–water partition coefficient (Wildman–Crippen LogP) is 5.39. The maximum absolute atomic E-state index is 12.1. The molecule has 1 amide bonds. The van der Waals surface area contributed by atoms with E-state index >= 15 is 0 Å². The van der Waals surface area contributed by atoms with E-state index in [1.54, 1.807) is 18.2 Å². The van der Waals surface area contributed by atoms with Crippen LogP contribution >= 0.6 is 23.2 Å². The molecular weight excluding hydrogens is 293 g/mol. The number of hydrogen-bond acceptors (Lipinski definition) is 1. The lowest BCUT2D eigenvalue weighted by Gasteiger charge is -2.52. The largest absolute Gasteiger partial charge is 0.326 e. The molecule has 1 aliphatic carbocycles. The summed E-state index contributed by atoms with van der Waals surface area (Å²) in [5, 5.41) is 3.85. The van der Waals surface area contributed by atoms with Crippen molar-refractivity contribution in [2.24, 2.45) is 17.3 Å². The lowest BCUT2D eigenvalue weighted by atomic mass is 9.53. The Labute approximate surface area is 130 Å². The van der Waals surface area contributed by atoms with E-state index in [1.165, 1.54) is 6.42 Å². The summed E-state index contributed by atoms with van der Waals surface area (Å²) < 4.78 is 0. The standard InChI is InChI=1S/C16H21Cl2NO/c1-4-10-7-11(16(10,2)3)8-15(20)19-12-5-6-13(17)14(18)9-12/h5-6,9-11H,4,7-8H2,1-3H3,(H,19,20)/t10-,11+/m0/s1. The molecule has 0 aliphatic heterocycles. The van der Waals surface area contributed by atoms with Gasteiger partial charge in [0, 0.05) is 12.1 Å². The van der Waals surface area contributed by atoms with Crippen LogP contribution in [0.1, 0.15) is 40.0 Å². The van der Waals surface area contributed by atoms with E-state index < -0.39 is 0 Å². The third-order valence-corrected chi connectivity index (χ3v) is 5.54. The molecule has 0 heterocycles. The fraction of sp³-hybridized carbons (Fsp3) is 0.562.